The molecule has 1 fully saturated rings. The molecule has 9 heteroatoms. The van der Waals surface area contributed by atoms with Gasteiger partial charge < -0.3 is 23.8 Å². The van der Waals surface area contributed by atoms with E-state index in [9.17, 15) is 14.4 Å². The molecular weight excluding hydrogens is 448 g/mol. The van der Waals surface area contributed by atoms with Crippen molar-refractivity contribution in [3.63, 3.8) is 0 Å². The second-order valence-electron chi connectivity index (χ2n) is 9.29. The molecule has 0 unspecified atom stereocenters. The van der Waals surface area contributed by atoms with Crippen LogP contribution in [0.5, 0.6) is 5.75 Å². The molecule has 1 aromatic carbocycles. The number of fused-ring (bicyclic) bond motifs is 1. The molecule has 188 valence electrons. The first-order valence-electron chi connectivity index (χ1n) is 12.0. The van der Waals surface area contributed by atoms with Gasteiger partial charge in [-0.2, -0.15) is 0 Å². The molecule has 0 radical (unpaired) electrons. The Morgan fingerprint density at radius 2 is 1.80 bits per heavy atom. The van der Waals surface area contributed by atoms with E-state index in [2.05, 4.69) is 34.1 Å². The zero-order valence-corrected chi connectivity index (χ0v) is 21.0. The van der Waals surface area contributed by atoms with E-state index in [-0.39, 0.29) is 17.2 Å². The van der Waals surface area contributed by atoms with E-state index in [0.29, 0.717) is 50.3 Å². The van der Waals surface area contributed by atoms with Gasteiger partial charge in [0.2, 0.25) is 0 Å². The maximum atomic E-state index is 13.7. The highest BCUT2D eigenvalue weighted by Gasteiger charge is 2.38. The Morgan fingerprint density at radius 3 is 2.46 bits per heavy atom. The molecule has 2 aliphatic heterocycles. The standard InChI is InChI=1S/C26H34N4O5/c1-27(2)19-9-7-18(8-10-19)17-28-13-11-20-24(22(34-3)16-23(31)29(20)15-14-28)25(32)30-12-5-6-21(30)26(33)35-4/h7-10,16,21H,5-6,11-15,17H2,1-4H3/t21-/m0/s1. The second kappa shape index (κ2) is 10.5. The third-order valence-corrected chi connectivity index (χ3v) is 6.97. The highest BCUT2D eigenvalue weighted by Crippen LogP contribution is 2.29. The summed E-state index contributed by atoms with van der Waals surface area (Å²) < 4.78 is 12.1. The van der Waals surface area contributed by atoms with Crippen LogP contribution in [0.4, 0.5) is 5.69 Å². The highest BCUT2D eigenvalue weighted by molar-refractivity contribution is 6.00. The zero-order chi connectivity index (χ0) is 25.1. The molecule has 1 amide bonds. The van der Waals surface area contributed by atoms with Crippen molar-refractivity contribution in [2.24, 2.45) is 0 Å². The summed E-state index contributed by atoms with van der Waals surface area (Å²) in [6.45, 7) is 3.09. The molecule has 2 aromatic rings. The number of pyridine rings is 1. The first kappa shape index (κ1) is 24.8. The molecule has 0 spiro atoms. The third-order valence-electron chi connectivity index (χ3n) is 6.97. The average Bonchev–Trinajstić information content (AvgIpc) is 3.26. The number of nitrogens with zero attached hydrogens (tertiary/aromatic N) is 4. The number of rotatable bonds is 6. The summed E-state index contributed by atoms with van der Waals surface area (Å²) in [6.07, 6.45) is 1.82. The Labute approximate surface area is 205 Å². The van der Waals surface area contributed by atoms with Gasteiger partial charge in [0, 0.05) is 70.7 Å². The number of carbonyl (C=O) groups is 2. The fourth-order valence-electron chi connectivity index (χ4n) is 5.03. The van der Waals surface area contributed by atoms with Gasteiger partial charge in [-0.25, -0.2) is 4.79 Å². The fraction of sp³-hybridized carbons (Fsp3) is 0.500. The largest absolute Gasteiger partial charge is 0.496 e. The minimum Gasteiger partial charge on any atom is -0.496 e. The molecule has 4 rings (SSSR count). The monoisotopic (exact) mass is 482 g/mol. The van der Waals surface area contributed by atoms with Crippen molar-refractivity contribution in [1.82, 2.24) is 14.4 Å². The van der Waals surface area contributed by atoms with Gasteiger partial charge in [0.05, 0.1) is 14.2 Å². The molecular formula is C26H34N4O5. The summed E-state index contributed by atoms with van der Waals surface area (Å²) in [6, 6.07) is 9.21. The molecule has 0 N–H and O–H groups in total. The predicted octanol–water partition coefficient (Wildman–Crippen LogP) is 1.76. The van der Waals surface area contributed by atoms with E-state index in [1.165, 1.54) is 25.8 Å². The Balaban J connectivity index is 1.60. The molecule has 0 aliphatic carbocycles. The first-order valence-corrected chi connectivity index (χ1v) is 12.0. The quantitative estimate of drug-likeness (QED) is 0.580. The van der Waals surface area contributed by atoms with Gasteiger partial charge in [-0.1, -0.05) is 12.1 Å². The van der Waals surface area contributed by atoms with Crippen molar-refractivity contribution in [1.29, 1.82) is 0 Å². The first-order chi connectivity index (χ1) is 16.8. The van der Waals surface area contributed by atoms with Crippen LogP contribution in [0.1, 0.15) is 34.5 Å². The lowest BCUT2D eigenvalue weighted by Crippen LogP contribution is -2.42. The fourth-order valence-corrected chi connectivity index (χ4v) is 5.03. The number of methoxy groups -OCH3 is 2. The van der Waals surface area contributed by atoms with Crippen molar-refractivity contribution >= 4 is 17.6 Å². The van der Waals surface area contributed by atoms with Gasteiger partial charge in [0.15, 0.2) is 0 Å². The molecule has 1 saturated heterocycles. The van der Waals surface area contributed by atoms with Crippen molar-refractivity contribution in [2.45, 2.75) is 38.4 Å². The Morgan fingerprint density at radius 1 is 1.06 bits per heavy atom. The lowest BCUT2D eigenvalue weighted by Gasteiger charge is -2.25. The van der Waals surface area contributed by atoms with Crippen LogP contribution in [0, 0.1) is 0 Å². The Hall–Kier alpha value is -3.33. The number of ether oxygens (including phenoxy) is 2. The van der Waals surface area contributed by atoms with Crippen molar-refractivity contribution in [2.75, 3.05) is 52.8 Å². The number of esters is 1. The van der Waals surface area contributed by atoms with Crippen LogP contribution in [0.2, 0.25) is 0 Å². The Kier molecular flexibility index (Phi) is 7.45. The summed E-state index contributed by atoms with van der Waals surface area (Å²) in [7, 11) is 6.83. The molecule has 1 aromatic heterocycles. The van der Waals surface area contributed by atoms with Crippen LogP contribution in [-0.4, -0.2) is 80.2 Å². The number of aromatic nitrogens is 1. The van der Waals surface area contributed by atoms with E-state index < -0.39 is 12.0 Å². The van der Waals surface area contributed by atoms with E-state index >= 15 is 0 Å². The number of carbonyl (C=O) groups excluding carboxylic acids is 2. The minimum atomic E-state index is -0.614. The molecule has 3 heterocycles. The van der Waals surface area contributed by atoms with Gasteiger partial charge in [-0.3, -0.25) is 14.5 Å². The zero-order valence-electron chi connectivity index (χ0n) is 21.0. The van der Waals surface area contributed by atoms with Crippen molar-refractivity contribution < 1.29 is 19.1 Å². The lowest BCUT2D eigenvalue weighted by atomic mass is 10.1. The number of hydrogen-bond donors (Lipinski definition) is 0. The summed E-state index contributed by atoms with van der Waals surface area (Å²) in [4.78, 5) is 44.9. The van der Waals surface area contributed by atoms with E-state index in [4.69, 9.17) is 9.47 Å². The smallest absolute Gasteiger partial charge is 0.328 e. The summed E-state index contributed by atoms with van der Waals surface area (Å²) in [5.41, 5.74) is 3.20. The molecule has 2 aliphatic rings. The van der Waals surface area contributed by atoms with Gasteiger partial charge in [0.25, 0.3) is 11.5 Å². The maximum Gasteiger partial charge on any atom is 0.328 e. The molecule has 0 bridgehead atoms. The SMILES string of the molecule is COC(=O)[C@@H]1CCCN1C(=O)c1c(OC)cc(=O)n2c1CCN(Cc1ccc(N(C)C)cc1)CC2. The maximum absolute atomic E-state index is 13.7. The van der Waals surface area contributed by atoms with Crippen LogP contribution >= 0.6 is 0 Å². The summed E-state index contributed by atoms with van der Waals surface area (Å²) in [5, 5.41) is 0. The molecule has 0 saturated carbocycles. The number of likely N-dealkylation sites (tertiary alicyclic amines) is 1. The topological polar surface area (TPSA) is 84.3 Å². The van der Waals surface area contributed by atoms with Gasteiger partial charge in [-0.05, 0) is 30.5 Å². The summed E-state index contributed by atoms with van der Waals surface area (Å²) in [5.74, 6) is -0.443. The third kappa shape index (κ3) is 5.05. The van der Waals surface area contributed by atoms with Crippen LogP contribution in [0.15, 0.2) is 35.1 Å². The average molecular weight is 483 g/mol. The lowest BCUT2D eigenvalue weighted by molar-refractivity contribution is -0.145. The number of benzene rings is 1. The normalized spacial score (nSPS) is 18.1. The van der Waals surface area contributed by atoms with Gasteiger partial charge in [0.1, 0.15) is 17.4 Å². The van der Waals surface area contributed by atoms with E-state index in [1.807, 2.05) is 14.1 Å². The molecule has 9 nitrogen and oxygen atoms in total. The van der Waals surface area contributed by atoms with Crippen LogP contribution in [-0.2, 0) is 29.0 Å². The van der Waals surface area contributed by atoms with Crippen LogP contribution < -0.4 is 15.2 Å². The minimum absolute atomic E-state index is 0.184. The van der Waals surface area contributed by atoms with E-state index in [1.54, 1.807) is 9.47 Å². The van der Waals surface area contributed by atoms with Crippen molar-refractivity contribution in [3.05, 3.63) is 57.5 Å². The van der Waals surface area contributed by atoms with E-state index in [0.717, 1.165) is 18.7 Å². The Bertz CT molecular complexity index is 1140. The molecule has 35 heavy (non-hydrogen) atoms. The van der Waals surface area contributed by atoms with Crippen molar-refractivity contribution in [3.8, 4) is 5.75 Å². The van der Waals surface area contributed by atoms with Crippen LogP contribution in [0.25, 0.3) is 0 Å². The number of anilines is 1. The van der Waals surface area contributed by atoms with Gasteiger partial charge in [-0.15, -0.1) is 0 Å². The predicted molar refractivity (Wildman–Crippen MR) is 133 cm³/mol. The highest BCUT2D eigenvalue weighted by atomic mass is 16.5. The summed E-state index contributed by atoms with van der Waals surface area (Å²) >= 11 is 0. The van der Waals surface area contributed by atoms with Gasteiger partial charge >= 0.3 is 5.97 Å². The number of hydrogen-bond acceptors (Lipinski definition) is 7. The molecule has 1 atom stereocenters. The second-order valence-corrected chi connectivity index (χ2v) is 9.29. The number of amides is 1. The van der Waals surface area contributed by atoms with Crippen LogP contribution in [0.3, 0.4) is 0 Å².